The SMILES string of the molecule is Cc1cc2[nH]cnc2c(-c2c(F)cc3c(N4CC5CCC(C4)N5)nc(OC[C@@]45CCCN4C[C@H](F)C5)nc3c2F)c1OC(F)(F)Cl. The van der Waals surface area contributed by atoms with Gasteiger partial charge in [0, 0.05) is 55.1 Å². The molecule has 4 saturated heterocycles. The minimum absolute atomic E-state index is 0.00512. The van der Waals surface area contributed by atoms with Gasteiger partial charge < -0.3 is 24.7 Å². The topological polar surface area (TPSA) is 91.4 Å². The molecule has 4 aliphatic heterocycles. The van der Waals surface area contributed by atoms with Crippen molar-refractivity contribution in [3.63, 3.8) is 0 Å². The third kappa shape index (κ3) is 5.00. The molecule has 2 aromatic carbocycles. The van der Waals surface area contributed by atoms with E-state index in [2.05, 4.69) is 30.2 Å². The van der Waals surface area contributed by atoms with Crippen molar-refractivity contribution >= 4 is 39.4 Å². The lowest BCUT2D eigenvalue weighted by Crippen LogP contribution is -2.51. The lowest BCUT2D eigenvalue weighted by molar-refractivity contribution is -0.0964. The number of fused-ring (bicyclic) bond motifs is 5. The lowest BCUT2D eigenvalue weighted by Gasteiger charge is -2.34. The van der Waals surface area contributed by atoms with Gasteiger partial charge in [0.1, 0.15) is 41.2 Å². The Morgan fingerprint density at radius 1 is 1.09 bits per heavy atom. The van der Waals surface area contributed by atoms with Gasteiger partial charge in [0.25, 0.3) is 0 Å². The van der Waals surface area contributed by atoms with E-state index in [1.54, 1.807) is 0 Å². The molecule has 8 rings (SSSR count). The van der Waals surface area contributed by atoms with Crippen LogP contribution < -0.4 is 19.7 Å². The van der Waals surface area contributed by atoms with E-state index >= 15 is 8.78 Å². The number of nitrogens with zero attached hydrogens (tertiary/aromatic N) is 5. The van der Waals surface area contributed by atoms with E-state index in [0.717, 1.165) is 38.3 Å². The Morgan fingerprint density at radius 2 is 1.87 bits per heavy atom. The third-order valence-corrected chi connectivity index (χ3v) is 9.99. The number of rotatable bonds is 7. The van der Waals surface area contributed by atoms with E-state index in [0.29, 0.717) is 37.4 Å². The number of hydrogen-bond donors (Lipinski definition) is 2. The zero-order valence-electron chi connectivity index (χ0n) is 24.9. The second kappa shape index (κ2) is 10.8. The summed E-state index contributed by atoms with van der Waals surface area (Å²) in [6.45, 7) is 3.78. The first-order valence-electron chi connectivity index (χ1n) is 15.4. The Kier molecular flexibility index (Phi) is 7.00. The van der Waals surface area contributed by atoms with Gasteiger partial charge in [-0.15, -0.1) is 8.78 Å². The van der Waals surface area contributed by atoms with Crippen LogP contribution in [0.3, 0.4) is 0 Å². The maximum Gasteiger partial charge on any atom is 0.487 e. The van der Waals surface area contributed by atoms with Crippen LogP contribution in [0.1, 0.15) is 37.7 Å². The molecule has 4 fully saturated rings. The van der Waals surface area contributed by atoms with Crippen molar-refractivity contribution < 1.29 is 31.4 Å². The van der Waals surface area contributed by atoms with Crippen molar-refractivity contribution in [3.8, 4) is 22.9 Å². The number of piperazine rings is 1. The maximum absolute atomic E-state index is 16.9. The van der Waals surface area contributed by atoms with Crippen LogP contribution in [0.4, 0.5) is 27.8 Å². The maximum atomic E-state index is 16.9. The van der Waals surface area contributed by atoms with Crippen molar-refractivity contribution in [2.75, 3.05) is 37.7 Å². The fraction of sp³-hybridized carbons (Fsp3) is 0.516. The molecule has 0 spiro atoms. The molecule has 2 unspecified atom stereocenters. The number of benzene rings is 2. The van der Waals surface area contributed by atoms with Crippen LogP contribution in [0.5, 0.6) is 11.8 Å². The Hall–Kier alpha value is -3.49. The Bertz CT molecular complexity index is 1840. The number of aromatic amines is 1. The fourth-order valence-electron chi connectivity index (χ4n) is 7.99. The number of nitrogens with one attached hydrogen (secondary N) is 2. The summed E-state index contributed by atoms with van der Waals surface area (Å²) in [5.74, 6) is -2.39. The predicted octanol–water partition coefficient (Wildman–Crippen LogP) is 5.82. The first-order chi connectivity index (χ1) is 22.0. The van der Waals surface area contributed by atoms with Gasteiger partial charge in [0.05, 0.1) is 28.5 Å². The number of alkyl halides is 4. The standard InChI is InChI=1S/C31H31ClF5N7O2/c1-15-7-21-26(39-14-38-21)23(27(15)46-31(32,36)37)22-20(34)8-19-25(24(22)35)41-29(42-28(19)43-11-17-3-4-18(12-43)40-17)45-13-30-5-2-6-44(30)10-16(33)9-30/h7-8,14,16-18,40H,2-6,9-13H2,1H3,(H,38,39)/t16-,17?,18?,30+/m1/s1. The summed E-state index contributed by atoms with van der Waals surface area (Å²) in [7, 11) is 0. The van der Waals surface area contributed by atoms with Crippen LogP contribution in [0.2, 0.25) is 0 Å². The molecule has 4 aromatic rings. The minimum Gasteiger partial charge on any atom is -0.461 e. The molecule has 4 atom stereocenters. The van der Waals surface area contributed by atoms with E-state index in [9.17, 15) is 13.2 Å². The predicted molar refractivity (Wildman–Crippen MR) is 161 cm³/mol. The van der Waals surface area contributed by atoms with E-state index in [-0.39, 0.29) is 52.2 Å². The van der Waals surface area contributed by atoms with Crippen LogP contribution in [0, 0.1) is 18.6 Å². The highest BCUT2D eigenvalue weighted by molar-refractivity contribution is 6.21. The van der Waals surface area contributed by atoms with Crippen LogP contribution in [0.15, 0.2) is 18.5 Å². The summed E-state index contributed by atoms with van der Waals surface area (Å²) in [5.41, 5.74) is -5.42. The van der Waals surface area contributed by atoms with Gasteiger partial charge >= 0.3 is 11.6 Å². The summed E-state index contributed by atoms with van der Waals surface area (Å²) in [6, 6.07) is 2.83. The molecule has 0 radical (unpaired) electrons. The normalized spacial score (nSPS) is 26.4. The van der Waals surface area contributed by atoms with Crippen molar-refractivity contribution in [1.29, 1.82) is 0 Å². The molecule has 0 amide bonds. The zero-order chi connectivity index (χ0) is 32.0. The highest BCUT2D eigenvalue weighted by Gasteiger charge is 2.49. The zero-order valence-corrected chi connectivity index (χ0v) is 25.6. The molecule has 0 aliphatic carbocycles. The van der Waals surface area contributed by atoms with Crippen molar-refractivity contribution in [2.45, 2.75) is 68.4 Å². The van der Waals surface area contributed by atoms with Crippen molar-refractivity contribution in [3.05, 3.63) is 35.7 Å². The second-order valence-electron chi connectivity index (χ2n) is 12.9. The molecule has 2 aromatic heterocycles. The van der Waals surface area contributed by atoms with Gasteiger partial charge in [-0.3, -0.25) is 4.90 Å². The molecule has 2 N–H and O–H groups in total. The van der Waals surface area contributed by atoms with E-state index in [1.165, 1.54) is 19.3 Å². The summed E-state index contributed by atoms with van der Waals surface area (Å²) in [5, 5.41) is 3.65. The highest BCUT2D eigenvalue weighted by Crippen LogP contribution is 2.46. The van der Waals surface area contributed by atoms with Crippen LogP contribution in [0.25, 0.3) is 33.1 Å². The monoisotopic (exact) mass is 663 g/mol. The molecule has 244 valence electrons. The first kappa shape index (κ1) is 29.9. The number of halogens is 6. The summed E-state index contributed by atoms with van der Waals surface area (Å²) < 4.78 is 86.6. The highest BCUT2D eigenvalue weighted by atomic mass is 35.5. The largest absolute Gasteiger partial charge is 0.487 e. The smallest absolute Gasteiger partial charge is 0.461 e. The van der Waals surface area contributed by atoms with Crippen molar-refractivity contribution in [1.82, 2.24) is 30.2 Å². The minimum atomic E-state index is -4.17. The lowest BCUT2D eigenvalue weighted by atomic mass is 9.95. The quantitative estimate of drug-likeness (QED) is 0.189. The van der Waals surface area contributed by atoms with E-state index in [4.69, 9.17) is 21.1 Å². The molecule has 4 aliphatic rings. The number of anilines is 1. The second-order valence-corrected chi connectivity index (χ2v) is 13.4. The average Bonchev–Trinajstić information content (AvgIpc) is 3.76. The number of aryl methyl sites for hydroxylation is 1. The fourth-order valence-corrected chi connectivity index (χ4v) is 8.07. The van der Waals surface area contributed by atoms with Gasteiger partial charge in [-0.1, -0.05) is 0 Å². The van der Waals surface area contributed by atoms with Gasteiger partial charge in [0.15, 0.2) is 5.82 Å². The number of H-pyrrole nitrogens is 1. The average molecular weight is 664 g/mol. The third-order valence-electron chi connectivity index (χ3n) is 9.91. The van der Waals surface area contributed by atoms with Gasteiger partial charge in [-0.05, 0) is 56.8 Å². The van der Waals surface area contributed by atoms with Crippen LogP contribution in [-0.2, 0) is 0 Å². The van der Waals surface area contributed by atoms with Gasteiger partial charge in [0.2, 0.25) is 0 Å². The summed E-state index contributed by atoms with van der Waals surface area (Å²) in [4.78, 5) is 20.2. The number of imidazole rings is 1. The molecule has 6 heterocycles. The molecular weight excluding hydrogens is 633 g/mol. The van der Waals surface area contributed by atoms with Crippen LogP contribution >= 0.6 is 11.6 Å². The van der Waals surface area contributed by atoms with Gasteiger partial charge in [-0.2, -0.15) is 9.97 Å². The number of aromatic nitrogens is 4. The summed E-state index contributed by atoms with van der Waals surface area (Å²) in [6.07, 6.45) is 4.22. The van der Waals surface area contributed by atoms with E-state index in [1.807, 2.05) is 4.90 Å². The number of ether oxygens (including phenoxy) is 2. The Balaban J connectivity index is 1.30. The van der Waals surface area contributed by atoms with Crippen LogP contribution in [-0.4, -0.2) is 87.0 Å². The Labute approximate surface area is 265 Å². The molecule has 0 saturated carbocycles. The molecule has 15 heteroatoms. The Morgan fingerprint density at radius 3 is 2.63 bits per heavy atom. The molecule has 9 nitrogen and oxygen atoms in total. The molecule has 46 heavy (non-hydrogen) atoms. The summed E-state index contributed by atoms with van der Waals surface area (Å²) >= 11 is 5.14. The number of hydrogen-bond acceptors (Lipinski definition) is 8. The first-order valence-corrected chi connectivity index (χ1v) is 15.8. The van der Waals surface area contributed by atoms with E-state index < -0.39 is 40.2 Å². The van der Waals surface area contributed by atoms with Gasteiger partial charge in [-0.25, -0.2) is 18.2 Å². The van der Waals surface area contributed by atoms with Crippen molar-refractivity contribution in [2.24, 2.45) is 0 Å². The molecule has 2 bridgehead atoms. The molecular formula is C31H31ClF5N7O2.